The van der Waals surface area contributed by atoms with E-state index >= 15 is 0 Å². The first-order chi connectivity index (χ1) is 19.4. The summed E-state index contributed by atoms with van der Waals surface area (Å²) in [6, 6.07) is 27.2. The fourth-order valence-corrected chi connectivity index (χ4v) is 5.20. The Hall–Kier alpha value is -5.53. The number of aromatic nitrogens is 1. The number of benzene rings is 3. The van der Waals surface area contributed by atoms with Crippen LogP contribution in [0, 0.1) is 28.4 Å². The molecule has 0 atom stereocenters. The number of nitro groups is 1. The minimum absolute atomic E-state index is 0.110. The number of carbonyl (C=O) groups is 1. The molecule has 0 bridgehead atoms. The van der Waals surface area contributed by atoms with E-state index in [0.717, 1.165) is 16.9 Å². The predicted octanol–water partition coefficient (Wildman–Crippen LogP) is 4.52. The van der Waals surface area contributed by atoms with Crippen LogP contribution in [0.3, 0.4) is 0 Å². The van der Waals surface area contributed by atoms with Crippen LogP contribution < -0.4 is 20.1 Å². The smallest absolute Gasteiger partial charge is 0.280 e. The molecular formula is C30H20N4O5S. The largest absolute Gasteiger partial charge is 0.456 e. The summed E-state index contributed by atoms with van der Waals surface area (Å²) < 4.78 is 7.52. The highest BCUT2D eigenvalue weighted by Gasteiger charge is 2.19. The summed E-state index contributed by atoms with van der Waals surface area (Å²) in [6.45, 7) is 1.88. The third kappa shape index (κ3) is 5.22. The summed E-state index contributed by atoms with van der Waals surface area (Å²) in [5.41, 5.74) is 1.44. The van der Waals surface area contributed by atoms with Gasteiger partial charge in [0.15, 0.2) is 5.57 Å². The van der Waals surface area contributed by atoms with Gasteiger partial charge in [0.1, 0.15) is 22.3 Å². The van der Waals surface area contributed by atoms with Crippen LogP contribution in [-0.2, 0) is 4.79 Å². The standard InChI is InChI=1S/C30H20N4O5S/c1-19-8-7-9-20(16-19)32-28(35)24(18-31)30-33(21-10-3-2-4-11-21)29(36)27(40-30)17-22-14-15-26(39-22)23-12-5-6-13-25(23)34(37)38/h2-17H,1H3,(H,32,35)/b27-17+,30-24-. The van der Waals surface area contributed by atoms with E-state index in [-0.39, 0.29) is 32.0 Å². The summed E-state index contributed by atoms with van der Waals surface area (Å²) in [4.78, 5) is 37.8. The maximum atomic E-state index is 13.6. The number of thiazole rings is 1. The molecule has 196 valence electrons. The van der Waals surface area contributed by atoms with Gasteiger partial charge in [-0.15, -0.1) is 11.3 Å². The maximum Gasteiger partial charge on any atom is 0.280 e. The Morgan fingerprint density at radius 2 is 1.80 bits per heavy atom. The van der Waals surface area contributed by atoms with E-state index in [1.165, 1.54) is 16.7 Å². The molecule has 2 aromatic heterocycles. The molecule has 0 unspecified atom stereocenters. The average Bonchev–Trinajstić information content (AvgIpc) is 3.54. The van der Waals surface area contributed by atoms with E-state index in [1.54, 1.807) is 78.9 Å². The van der Waals surface area contributed by atoms with E-state index in [2.05, 4.69) is 5.32 Å². The second-order valence-electron chi connectivity index (χ2n) is 8.68. The van der Waals surface area contributed by atoms with Gasteiger partial charge in [-0.2, -0.15) is 5.26 Å². The lowest BCUT2D eigenvalue weighted by atomic mass is 10.1. The minimum Gasteiger partial charge on any atom is -0.456 e. The monoisotopic (exact) mass is 548 g/mol. The SMILES string of the molecule is Cc1cccc(NC(=O)/C(C#N)=c2\s/c(=C/c3ccc(-c4ccccc4[N+](=O)[O-])o3)c(=O)n2-c2ccccc2)c1. The number of anilines is 1. The predicted molar refractivity (Wildman–Crippen MR) is 152 cm³/mol. The van der Waals surface area contributed by atoms with Gasteiger partial charge in [0.2, 0.25) is 0 Å². The molecule has 0 saturated heterocycles. The molecule has 0 aliphatic carbocycles. The number of hydrogen-bond acceptors (Lipinski definition) is 7. The summed E-state index contributed by atoms with van der Waals surface area (Å²) >= 11 is 0.970. The van der Waals surface area contributed by atoms with Crippen molar-refractivity contribution < 1.29 is 14.1 Å². The number of hydrogen-bond donors (Lipinski definition) is 1. The lowest BCUT2D eigenvalue weighted by molar-refractivity contribution is -0.384. The van der Waals surface area contributed by atoms with E-state index in [1.807, 2.05) is 19.1 Å². The number of rotatable bonds is 6. The summed E-state index contributed by atoms with van der Waals surface area (Å²) in [6.07, 6.45) is 1.49. The van der Waals surface area contributed by atoms with Crippen molar-refractivity contribution >= 4 is 40.3 Å². The highest BCUT2D eigenvalue weighted by molar-refractivity contribution is 7.07. The highest BCUT2D eigenvalue weighted by Crippen LogP contribution is 2.31. The van der Waals surface area contributed by atoms with Crippen molar-refractivity contribution in [2.45, 2.75) is 6.92 Å². The number of furan rings is 1. The molecule has 0 radical (unpaired) electrons. The minimum atomic E-state index is -0.651. The van der Waals surface area contributed by atoms with Gasteiger partial charge in [0.25, 0.3) is 17.2 Å². The molecule has 1 amide bonds. The molecule has 40 heavy (non-hydrogen) atoms. The molecule has 1 N–H and O–H groups in total. The fraction of sp³-hybridized carbons (Fsp3) is 0.0333. The Kier molecular flexibility index (Phi) is 7.22. The number of nitro benzene ring substituents is 1. The molecule has 0 saturated carbocycles. The number of nitrogens with one attached hydrogen (secondary N) is 1. The third-order valence-electron chi connectivity index (χ3n) is 5.93. The lowest BCUT2D eigenvalue weighted by Gasteiger charge is -2.06. The van der Waals surface area contributed by atoms with Gasteiger partial charge in [0.05, 0.1) is 20.7 Å². The topological polar surface area (TPSA) is 131 Å². The van der Waals surface area contributed by atoms with Gasteiger partial charge in [-0.25, -0.2) is 0 Å². The molecule has 5 rings (SSSR count). The Balaban J connectivity index is 1.66. The van der Waals surface area contributed by atoms with E-state index in [4.69, 9.17) is 4.42 Å². The quantitative estimate of drug-likeness (QED) is 0.245. The molecule has 0 spiro atoms. The van der Waals surface area contributed by atoms with Crippen molar-refractivity contribution in [1.29, 1.82) is 5.26 Å². The molecule has 0 fully saturated rings. The average molecular weight is 549 g/mol. The molecule has 0 aliphatic heterocycles. The first-order valence-corrected chi connectivity index (χ1v) is 12.8. The number of nitriles is 1. The van der Waals surface area contributed by atoms with Crippen molar-refractivity contribution in [2.75, 3.05) is 5.32 Å². The number of aryl methyl sites for hydroxylation is 1. The third-order valence-corrected chi connectivity index (χ3v) is 7.03. The van der Waals surface area contributed by atoms with Gasteiger partial charge >= 0.3 is 0 Å². The Morgan fingerprint density at radius 1 is 1.05 bits per heavy atom. The van der Waals surface area contributed by atoms with Gasteiger partial charge in [-0.3, -0.25) is 24.3 Å². The molecular weight excluding hydrogens is 528 g/mol. The highest BCUT2D eigenvalue weighted by atomic mass is 32.1. The maximum absolute atomic E-state index is 13.6. The second kappa shape index (κ2) is 11.1. The molecule has 9 nitrogen and oxygen atoms in total. The summed E-state index contributed by atoms with van der Waals surface area (Å²) in [5.74, 6) is -0.108. The van der Waals surface area contributed by atoms with Crippen LogP contribution in [0.4, 0.5) is 11.4 Å². The van der Waals surface area contributed by atoms with Crippen molar-refractivity contribution in [1.82, 2.24) is 4.57 Å². The van der Waals surface area contributed by atoms with Crippen molar-refractivity contribution in [2.24, 2.45) is 0 Å². The van der Waals surface area contributed by atoms with E-state index in [9.17, 15) is 25.0 Å². The zero-order valence-corrected chi connectivity index (χ0v) is 21.8. The van der Waals surface area contributed by atoms with Crippen LogP contribution in [-0.4, -0.2) is 15.4 Å². The second-order valence-corrected chi connectivity index (χ2v) is 9.71. The van der Waals surface area contributed by atoms with Crippen molar-refractivity contribution in [3.63, 3.8) is 0 Å². The summed E-state index contributed by atoms with van der Waals surface area (Å²) in [5, 5.41) is 24.2. The van der Waals surface area contributed by atoms with Crippen LogP contribution in [0.2, 0.25) is 0 Å². The van der Waals surface area contributed by atoms with Crippen LogP contribution >= 0.6 is 11.3 Å². The zero-order valence-electron chi connectivity index (χ0n) is 21.0. The fourth-order valence-electron chi connectivity index (χ4n) is 4.12. The Labute approximate surface area is 231 Å². The Bertz CT molecular complexity index is 1980. The zero-order chi connectivity index (χ0) is 28.2. The van der Waals surface area contributed by atoms with Crippen LogP contribution in [0.1, 0.15) is 11.3 Å². The van der Waals surface area contributed by atoms with E-state index < -0.39 is 16.4 Å². The molecule has 3 aromatic carbocycles. The van der Waals surface area contributed by atoms with E-state index in [0.29, 0.717) is 16.9 Å². The number of amides is 1. The molecule has 2 heterocycles. The Morgan fingerprint density at radius 3 is 2.52 bits per heavy atom. The normalized spacial score (nSPS) is 12.1. The van der Waals surface area contributed by atoms with Crippen LogP contribution in [0.5, 0.6) is 0 Å². The van der Waals surface area contributed by atoms with Crippen LogP contribution in [0.15, 0.2) is 100 Å². The first kappa shape index (κ1) is 26.1. The molecule has 10 heteroatoms. The van der Waals surface area contributed by atoms with Crippen molar-refractivity contribution in [3.8, 4) is 23.1 Å². The van der Waals surface area contributed by atoms with Gasteiger partial charge < -0.3 is 9.73 Å². The molecule has 0 aliphatic rings. The van der Waals surface area contributed by atoms with Crippen molar-refractivity contribution in [3.05, 3.63) is 132 Å². The van der Waals surface area contributed by atoms with Gasteiger partial charge in [-0.1, -0.05) is 42.5 Å². The molecule has 5 aromatic rings. The number of nitrogens with zero attached hydrogens (tertiary/aromatic N) is 3. The first-order valence-electron chi connectivity index (χ1n) is 12.0. The van der Waals surface area contributed by atoms with Gasteiger partial charge in [-0.05, 0) is 55.0 Å². The van der Waals surface area contributed by atoms with Crippen LogP contribution in [0.25, 0.3) is 28.7 Å². The van der Waals surface area contributed by atoms with Gasteiger partial charge in [0, 0.05) is 17.8 Å². The lowest BCUT2D eigenvalue weighted by Crippen LogP contribution is -2.32. The summed E-state index contributed by atoms with van der Waals surface area (Å²) in [7, 11) is 0. The number of carbonyl (C=O) groups excluding carboxylic acids is 1. The number of para-hydroxylation sites is 2.